The van der Waals surface area contributed by atoms with E-state index in [4.69, 9.17) is 21.1 Å². The highest BCUT2D eigenvalue weighted by atomic mass is 35.5. The average Bonchev–Trinajstić information content (AvgIpc) is 2.96. The Morgan fingerprint density at radius 2 is 1.61 bits per heavy atom. The summed E-state index contributed by atoms with van der Waals surface area (Å²) in [5, 5.41) is 3.32. The number of hydrogen-bond donors (Lipinski definition) is 1. The number of rotatable bonds is 14. The maximum Gasteiger partial charge on any atom is 0.243 e. The molecule has 1 atom stereocenters. The molecule has 11 heteroatoms. The Labute approximate surface area is 266 Å². The second-order valence-corrected chi connectivity index (χ2v) is 13.9. The maximum atomic E-state index is 14.0. The summed E-state index contributed by atoms with van der Waals surface area (Å²) in [7, 11) is -0.641. The Kier molecular flexibility index (Phi) is 12.1. The van der Waals surface area contributed by atoms with Gasteiger partial charge in [-0.25, -0.2) is 8.42 Å². The summed E-state index contributed by atoms with van der Waals surface area (Å²) in [4.78, 5) is 29.4. The van der Waals surface area contributed by atoms with Gasteiger partial charge in [-0.3, -0.25) is 13.9 Å². The van der Waals surface area contributed by atoms with Crippen LogP contribution < -0.4 is 19.1 Å². The van der Waals surface area contributed by atoms with Gasteiger partial charge in [-0.15, -0.1) is 0 Å². The molecule has 3 aromatic carbocycles. The highest BCUT2D eigenvalue weighted by Gasteiger charge is 2.32. The molecule has 1 N–H and O–H groups in total. The quantitative estimate of drug-likeness (QED) is 0.250. The van der Waals surface area contributed by atoms with Gasteiger partial charge >= 0.3 is 0 Å². The molecule has 0 fully saturated rings. The van der Waals surface area contributed by atoms with Crippen molar-refractivity contribution in [1.29, 1.82) is 0 Å². The number of amides is 2. The molecule has 0 saturated heterocycles. The molecule has 0 aromatic heterocycles. The Hall–Kier alpha value is -3.76. The fourth-order valence-electron chi connectivity index (χ4n) is 4.79. The van der Waals surface area contributed by atoms with Crippen LogP contribution in [0.15, 0.2) is 72.8 Å². The largest absolute Gasteiger partial charge is 0.497 e. The Bertz CT molecular complexity index is 1530. The van der Waals surface area contributed by atoms with Crippen molar-refractivity contribution in [2.24, 2.45) is 0 Å². The summed E-state index contributed by atoms with van der Waals surface area (Å²) >= 11 is 6.27. The second-order valence-electron chi connectivity index (χ2n) is 11.6. The van der Waals surface area contributed by atoms with E-state index in [1.54, 1.807) is 24.1 Å². The summed E-state index contributed by atoms with van der Waals surface area (Å²) in [6.45, 7) is 5.88. The van der Waals surface area contributed by atoms with Crippen molar-refractivity contribution < 1.29 is 27.5 Å². The van der Waals surface area contributed by atoms with E-state index in [-0.39, 0.29) is 42.8 Å². The minimum Gasteiger partial charge on any atom is -0.497 e. The summed E-state index contributed by atoms with van der Waals surface area (Å²) in [6, 6.07) is 20.8. The third-order valence-electron chi connectivity index (χ3n) is 6.83. The lowest BCUT2D eigenvalue weighted by molar-refractivity contribution is -0.142. The minimum absolute atomic E-state index is 0.00790. The number of methoxy groups -OCH3 is 2. The molecule has 0 aliphatic rings. The van der Waals surface area contributed by atoms with E-state index in [1.165, 1.54) is 17.5 Å². The molecule has 0 saturated carbocycles. The summed E-state index contributed by atoms with van der Waals surface area (Å²) in [6.07, 6.45) is 1.63. The Morgan fingerprint density at radius 1 is 0.932 bits per heavy atom. The fraction of sp³-hybridized carbons (Fsp3) is 0.394. The molecule has 3 aromatic rings. The van der Waals surface area contributed by atoms with E-state index in [0.29, 0.717) is 23.6 Å². The molecule has 1 unspecified atom stereocenters. The van der Waals surface area contributed by atoms with Gasteiger partial charge in [0.2, 0.25) is 21.8 Å². The standard InChI is InChI=1S/C33H42ClN3O6S/c1-33(2,3)35-32(39)29(21-24-12-8-7-9-13-24)36(23-25-14-10-15-27(20-25)42-4)31(38)16-11-19-37(44(6,40)41)26-17-18-30(43-5)28(34)22-26/h7-10,12-15,17-18,20,22,29H,11,16,19,21,23H2,1-6H3,(H,35,39). The smallest absolute Gasteiger partial charge is 0.243 e. The monoisotopic (exact) mass is 643 g/mol. The Balaban J connectivity index is 1.92. The molecule has 44 heavy (non-hydrogen) atoms. The van der Waals surface area contributed by atoms with Gasteiger partial charge in [0.1, 0.15) is 17.5 Å². The molecule has 0 aliphatic heterocycles. The number of nitrogens with one attached hydrogen (secondary N) is 1. The van der Waals surface area contributed by atoms with Gasteiger partial charge in [0.05, 0.1) is 31.2 Å². The molecule has 238 valence electrons. The molecule has 3 rings (SSSR count). The van der Waals surface area contributed by atoms with Crippen molar-refractivity contribution in [3.63, 3.8) is 0 Å². The highest BCUT2D eigenvalue weighted by molar-refractivity contribution is 7.92. The first-order valence-corrected chi connectivity index (χ1v) is 16.5. The summed E-state index contributed by atoms with van der Waals surface area (Å²) in [5.74, 6) is 0.503. The SMILES string of the molecule is COc1cccc(CN(C(=O)CCCN(c2ccc(OC)c(Cl)c2)S(C)(=O)=O)C(Cc2ccccc2)C(=O)NC(C)(C)C)c1. The normalized spacial score (nSPS) is 12.2. The molecular formula is C33H42ClN3O6S. The first kappa shape index (κ1) is 34.7. The second kappa shape index (κ2) is 15.3. The van der Waals surface area contributed by atoms with Crippen LogP contribution in [-0.4, -0.2) is 63.7 Å². The van der Waals surface area contributed by atoms with Gasteiger partial charge in [0, 0.05) is 31.5 Å². The fourth-order valence-corrected chi connectivity index (χ4v) is 6.00. The minimum atomic E-state index is -3.69. The van der Waals surface area contributed by atoms with Gasteiger partial charge in [-0.1, -0.05) is 54.1 Å². The summed E-state index contributed by atoms with van der Waals surface area (Å²) < 4.78 is 37.3. The van der Waals surface area contributed by atoms with Crippen LogP contribution in [0.3, 0.4) is 0 Å². The van der Waals surface area contributed by atoms with Gasteiger partial charge in [-0.05, 0) is 68.7 Å². The maximum absolute atomic E-state index is 14.0. The zero-order valence-electron chi connectivity index (χ0n) is 26.2. The van der Waals surface area contributed by atoms with Crippen molar-refractivity contribution in [1.82, 2.24) is 10.2 Å². The molecule has 0 heterocycles. The van der Waals surface area contributed by atoms with Gasteiger partial charge in [0.15, 0.2) is 0 Å². The van der Waals surface area contributed by atoms with Crippen molar-refractivity contribution in [3.8, 4) is 11.5 Å². The van der Waals surface area contributed by atoms with Crippen molar-refractivity contribution >= 4 is 39.1 Å². The molecular weight excluding hydrogens is 602 g/mol. The van der Waals surface area contributed by atoms with E-state index >= 15 is 0 Å². The number of anilines is 1. The van der Waals surface area contributed by atoms with Gasteiger partial charge in [-0.2, -0.15) is 0 Å². The predicted molar refractivity (Wildman–Crippen MR) is 175 cm³/mol. The first-order valence-electron chi connectivity index (χ1n) is 14.3. The van der Waals surface area contributed by atoms with Gasteiger partial charge < -0.3 is 19.7 Å². The molecule has 9 nitrogen and oxygen atoms in total. The number of hydrogen-bond acceptors (Lipinski definition) is 6. The number of sulfonamides is 1. The number of benzene rings is 3. The first-order chi connectivity index (χ1) is 20.7. The van der Waals surface area contributed by atoms with Crippen LogP contribution >= 0.6 is 11.6 Å². The topological polar surface area (TPSA) is 105 Å². The van der Waals surface area contributed by atoms with E-state index < -0.39 is 21.6 Å². The van der Waals surface area contributed by atoms with Crippen LogP contribution in [0.2, 0.25) is 5.02 Å². The van der Waals surface area contributed by atoms with E-state index in [1.807, 2.05) is 75.4 Å². The third kappa shape index (κ3) is 10.2. The molecule has 0 spiro atoms. The van der Waals surface area contributed by atoms with E-state index in [9.17, 15) is 18.0 Å². The molecule has 2 amide bonds. The van der Waals surface area contributed by atoms with Crippen LogP contribution in [-0.2, 0) is 32.6 Å². The number of nitrogens with zero attached hydrogens (tertiary/aromatic N) is 2. The lowest BCUT2D eigenvalue weighted by Gasteiger charge is -2.34. The molecule has 0 aliphatic carbocycles. The highest BCUT2D eigenvalue weighted by Crippen LogP contribution is 2.30. The third-order valence-corrected chi connectivity index (χ3v) is 8.32. The lowest BCUT2D eigenvalue weighted by atomic mass is 10.00. The van der Waals surface area contributed by atoms with Crippen molar-refractivity contribution in [2.75, 3.05) is 31.3 Å². The van der Waals surface area contributed by atoms with Crippen LogP contribution in [0.4, 0.5) is 5.69 Å². The average molecular weight is 644 g/mol. The van der Waals surface area contributed by atoms with Crippen molar-refractivity contribution in [2.45, 2.75) is 58.2 Å². The van der Waals surface area contributed by atoms with E-state index in [0.717, 1.165) is 17.4 Å². The molecule has 0 radical (unpaired) electrons. The summed E-state index contributed by atoms with van der Waals surface area (Å²) in [5.41, 5.74) is 1.55. The molecule has 0 bridgehead atoms. The van der Waals surface area contributed by atoms with Crippen molar-refractivity contribution in [3.05, 3.63) is 88.9 Å². The number of halogens is 1. The number of carbonyl (C=O) groups is 2. The number of carbonyl (C=O) groups excluding carboxylic acids is 2. The lowest BCUT2D eigenvalue weighted by Crippen LogP contribution is -2.54. The van der Waals surface area contributed by atoms with Gasteiger partial charge in [0.25, 0.3) is 0 Å². The van der Waals surface area contributed by atoms with Crippen LogP contribution in [0.5, 0.6) is 11.5 Å². The van der Waals surface area contributed by atoms with E-state index in [2.05, 4.69) is 5.32 Å². The zero-order chi connectivity index (χ0) is 32.5. The van der Waals surface area contributed by atoms with Crippen LogP contribution in [0.1, 0.15) is 44.7 Å². The predicted octanol–water partition coefficient (Wildman–Crippen LogP) is 5.46. The Morgan fingerprint density at radius 3 is 2.20 bits per heavy atom. The number of ether oxygens (including phenoxy) is 2. The van der Waals surface area contributed by atoms with Crippen LogP contribution in [0, 0.1) is 0 Å². The zero-order valence-corrected chi connectivity index (χ0v) is 27.7. The van der Waals surface area contributed by atoms with Crippen LogP contribution in [0.25, 0.3) is 0 Å².